The second-order valence-electron chi connectivity index (χ2n) is 4.51. The van der Waals surface area contributed by atoms with Crippen LogP contribution in [0.25, 0.3) is 0 Å². The molecule has 0 aliphatic heterocycles. The SMILES string of the molecule is C/C(=N\NC(=O)COc1ccc(Cl)cc1Cl)c1ccc(C)s1. The summed E-state index contributed by atoms with van der Waals surface area (Å²) >= 11 is 13.4. The molecule has 0 radical (unpaired) electrons. The number of thiophene rings is 1. The summed E-state index contributed by atoms with van der Waals surface area (Å²) in [6.07, 6.45) is 0. The van der Waals surface area contributed by atoms with E-state index in [1.807, 2.05) is 26.0 Å². The number of hydrogen-bond acceptors (Lipinski definition) is 4. The average molecular weight is 357 g/mol. The van der Waals surface area contributed by atoms with Crippen molar-refractivity contribution in [1.82, 2.24) is 5.43 Å². The number of benzene rings is 1. The van der Waals surface area contributed by atoms with Gasteiger partial charge in [-0.3, -0.25) is 4.79 Å². The van der Waals surface area contributed by atoms with E-state index in [2.05, 4.69) is 10.5 Å². The third-order valence-corrected chi connectivity index (χ3v) is 4.34. The van der Waals surface area contributed by atoms with Gasteiger partial charge in [0.1, 0.15) is 5.75 Å². The average Bonchev–Trinajstić information content (AvgIpc) is 2.90. The van der Waals surface area contributed by atoms with Crippen molar-refractivity contribution >= 4 is 46.2 Å². The Morgan fingerprint density at radius 2 is 2.09 bits per heavy atom. The summed E-state index contributed by atoms with van der Waals surface area (Å²) in [5, 5.41) is 4.91. The molecule has 1 N–H and O–H groups in total. The molecular formula is C15H14Cl2N2O2S. The summed E-state index contributed by atoms with van der Waals surface area (Å²) in [5.74, 6) is 0.0365. The molecule has 0 bridgehead atoms. The number of carbonyl (C=O) groups excluding carboxylic acids is 1. The maximum Gasteiger partial charge on any atom is 0.277 e. The van der Waals surface area contributed by atoms with Crippen molar-refractivity contribution in [2.24, 2.45) is 5.10 Å². The number of aryl methyl sites for hydroxylation is 1. The second-order valence-corrected chi connectivity index (χ2v) is 6.64. The van der Waals surface area contributed by atoms with Crippen LogP contribution in [0.15, 0.2) is 35.4 Å². The Morgan fingerprint density at radius 1 is 1.32 bits per heavy atom. The lowest BCUT2D eigenvalue weighted by molar-refractivity contribution is -0.123. The Hall–Kier alpha value is -1.56. The van der Waals surface area contributed by atoms with Crippen LogP contribution >= 0.6 is 34.5 Å². The third kappa shape index (κ3) is 4.73. The van der Waals surface area contributed by atoms with Gasteiger partial charge in [-0.05, 0) is 44.2 Å². The number of halogens is 2. The molecule has 0 unspecified atom stereocenters. The van der Waals surface area contributed by atoms with Crippen LogP contribution in [0.5, 0.6) is 5.75 Å². The van der Waals surface area contributed by atoms with Crippen molar-refractivity contribution in [3.8, 4) is 5.75 Å². The summed E-state index contributed by atoms with van der Waals surface area (Å²) in [5.41, 5.74) is 3.20. The fourth-order valence-corrected chi connectivity index (χ4v) is 2.87. The van der Waals surface area contributed by atoms with Crippen LogP contribution in [0.4, 0.5) is 0 Å². The number of carbonyl (C=O) groups is 1. The van der Waals surface area contributed by atoms with Crippen molar-refractivity contribution in [1.29, 1.82) is 0 Å². The minimum Gasteiger partial charge on any atom is -0.482 e. The van der Waals surface area contributed by atoms with E-state index in [9.17, 15) is 4.79 Å². The zero-order chi connectivity index (χ0) is 16.1. The highest BCUT2D eigenvalue weighted by Crippen LogP contribution is 2.27. The molecule has 0 atom stereocenters. The smallest absolute Gasteiger partial charge is 0.277 e. The lowest BCUT2D eigenvalue weighted by atomic mass is 10.3. The van der Waals surface area contributed by atoms with E-state index in [-0.39, 0.29) is 12.5 Å². The Kier molecular flexibility index (Phi) is 5.83. The van der Waals surface area contributed by atoms with E-state index in [1.165, 1.54) is 4.88 Å². The minimum atomic E-state index is -0.362. The lowest BCUT2D eigenvalue weighted by Crippen LogP contribution is -2.25. The maximum absolute atomic E-state index is 11.7. The predicted molar refractivity (Wildman–Crippen MR) is 91.4 cm³/mol. The molecule has 0 fully saturated rings. The topological polar surface area (TPSA) is 50.7 Å². The van der Waals surface area contributed by atoms with E-state index < -0.39 is 0 Å². The van der Waals surface area contributed by atoms with E-state index in [0.29, 0.717) is 15.8 Å². The number of nitrogens with zero attached hydrogens (tertiary/aromatic N) is 1. The van der Waals surface area contributed by atoms with E-state index in [1.54, 1.807) is 29.5 Å². The standard InChI is InChI=1S/C15H14Cl2N2O2S/c1-9-3-6-14(22-9)10(2)18-19-15(20)8-21-13-5-4-11(16)7-12(13)17/h3-7H,8H2,1-2H3,(H,19,20)/b18-10+. The van der Waals surface area contributed by atoms with Crippen LogP contribution in [-0.4, -0.2) is 18.2 Å². The highest BCUT2D eigenvalue weighted by Gasteiger charge is 2.07. The molecule has 0 aliphatic rings. The molecule has 1 amide bonds. The molecular weight excluding hydrogens is 343 g/mol. The van der Waals surface area contributed by atoms with Gasteiger partial charge in [-0.1, -0.05) is 23.2 Å². The molecule has 22 heavy (non-hydrogen) atoms. The van der Waals surface area contributed by atoms with Gasteiger partial charge in [0.15, 0.2) is 6.61 Å². The van der Waals surface area contributed by atoms with Gasteiger partial charge in [-0.25, -0.2) is 5.43 Å². The predicted octanol–water partition coefficient (Wildman–Crippen LogP) is 4.28. The zero-order valence-electron chi connectivity index (χ0n) is 12.0. The van der Waals surface area contributed by atoms with Gasteiger partial charge in [-0.15, -0.1) is 11.3 Å². The Balaban J connectivity index is 1.88. The molecule has 0 aliphatic carbocycles. The third-order valence-electron chi connectivity index (χ3n) is 2.70. The van der Waals surface area contributed by atoms with Gasteiger partial charge in [0.05, 0.1) is 15.6 Å². The molecule has 1 aromatic heterocycles. The highest BCUT2D eigenvalue weighted by molar-refractivity contribution is 7.14. The van der Waals surface area contributed by atoms with Crippen molar-refractivity contribution in [2.45, 2.75) is 13.8 Å². The van der Waals surface area contributed by atoms with Crippen LogP contribution in [0.1, 0.15) is 16.7 Å². The Labute approximate surface area is 142 Å². The fraction of sp³-hybridized carbons (Fsp3) is 0.200. The molecule has 1 heterocycles. The maximum atomic E-state index is 11.7. The van der Waals surface area contributed by atoms with Crippen molar-refractivity contribution in [3.05, 3.63) is 50.1 Å². The van der Waals surface area contributed by atoms with Crippen LogP contribution in [0.3, 0.4) is 0 Å². The fourth-order valence-electron chi connectivity index (χ4n) is 1.60. The van der Waals surface area contributed by atoms with Gasteiger partial charge in [0.2, 0.25) is 0 Å². The molecule has 2 rings (SSSR count). The van der Waals surface area contributed by atoms with Crippen molar-refractivity contribution in [3.63, 3.8) is 0 Å². The number of nitrogens with one attached hydrogen (secondary N) is 1. The number of ether oxygens (including phenoxy) is 1. The number of hydrazone groups is 1. The molecule has 0 saturated carbocycles. The quantitative estimate of drug-likeness (QED) is 0.641. The first kappa shape index (κ1) is 16.8. The number of rotatable bonds is 5. The first-order valence-corrected chi connectivity index (χ1v) is 8.01. The van der Waals surface area contributed by atoms with Crippen molar-refractivity contribution in [2.75, 3.05) is 6.61 Å². The molecule has 4 nitrogen and oxygen atoms in total. The van der Waals surface area contributed by atoms with Crippen molar-refractivity contribution < 1.29 is 9.53 Å². The molecule has 1 aromatic carbocycles. The summed E-state index contributed by atoms with van der Waals surface area (Å²) in [7, 11) is 0. The van der Waals surface area contributed by atoms with E-state index >= 15 is 0 Å². The van der Waals surface area contributed by atoms with Gasteiger partial charge in [0, 0.05) is 9.90 Å². The lowest BCUT2D eigenvalue weighted by Gasteiger charge is -2.07. The Bertz CT molecular complexity index is 713. The summed E-state index contributed by atoms with van der Waals surface area (Å²) in [6.45, 7) is 3.67. The second kappa shape index (κ2) is 7.63. The summed E-state index contributed by atoms with van der Waals surface area (Å²) in [6, 6.07) is 8.78. The van der Waals surface area contributed by atoms with Gasteiger partial charge in [-0.2, -0.15) is 5.10 Å². The molecule has 7 heteroatoms. The Morgan fingerprint density at radius 3 is 2.73 bits per heavy atom. The summed E-state index contributed by atoms with van der Waals surface area (Å²) in [4.78, 5) is 13.9. The van der Waals surface area contributed by atoms with Crippen LogP contribution in [0.2, 0.25) is 10.0 Å². The molecule has 0 saturated heterocycles. The zero-order valence-corrected chi connectivity index (χ0v) is 14.4. The number of hydrogen-bond donors (Lipinski definition) is 1. The first-order chi connectivity index (χ1) is 10.5. The van der Waals surface area contributed by atoms with Crippen LogP contribution < -0.4 is 10.2 Å². The molecule has 116 valence electrons. The normalized spacial score (nSPS) is 11.4. The molecule has 2 aromatic rings. The largest absolute Gasteiger partial charge is 0.482 e. The van der Waals surface area contributed by atoms with Gasteiger partial charge >= 0.3 is 0 Å². The molecule has 0 spiro atoms. The summed E-state index contributed by atoms with van der Waals surface area (Å²) < 4.78 is 5.33. The highest BCUT2D eigenvalue weighted by atomic mass is 35.5. The number of amides is 1. The monoisotopic (exact) mass is 356 g/mol. The first-order valence-electron chi connectivity index (χ1n) is 6.43. The van der Waals surface area contributed by atoms with Crippen LogP contribution in [-0.2, 0) is 4.79 Å². The van der Waals surface area contributed by atoms with E-state index in [4.69, 9.17) is 27.9 Å². The minimum absolute atomic E-state index is 0.179. The van der Waals surface area contributed by atoms with Gasteiger partial charge < -0.3 is 4.74 Å². The van der Waals surface area contributed by atoms with Crippen LogP contribution in [0, 0.1) is 6.92 Å². The van der Waals surface area contributed by atoms with E-state index in [0.717, 1.165) is 10.6 Å². The van der Waals surface area contributed by atoms with Gasteiger partial charge in [0.25, 0.3) is 5.91 Å².